The SMILES string of the molecule is CC(C)[C@@H]1N[C@]2(c3ccccc3-n3c2nc2ccccc2c3=O)[C@H]2C(=O)N(c3ccccc3Br)C(=O)[C@@H]12. The van der Waals surface area contributed by atoms with Crippen molar-refractivity contribution in [2.24, 2.45) is 17.8 Å². The van der Waals surface area contributed by atoms with Crippen molar-refractivity contribution in [2.45, 2.75) is 25.4 Å². The number of aromatic nitrogens is 2. The van der Waals surface area contributed by atoms with Crippen LogP contribution in [0.4, 0.5) is 5.69 Å². The molecule has 0 aliphatic carbocycles. The molecule has 4 heterocycles. The summed E-state index contributed by atoms with van der Waals surface area (Å²) in [6.07, 6.45) is 0. The summed E-state index contributed by atoms with van der Waals surface area (Å²) in [4.78, 5) is 48.6. The molecular weight excluding hydrogens is 532 g/mol. The number of amides is 2. The van der Waals surface area contributed by atoms with Crippen LogP contribution in [-0.2, 0) is 15.1 Å². The Hall–Kier alpha value is -3.62. The number of fused-ring (bicyclic) bond motifs is 8. The summed E-state index contributed by atoms with van der Waals surface area (Å²) in [6.45, 7) is 4.10. The van der Waals surface area contributed by atoms with Crippen LogP contribution in [0.25, 0.3) is 16.6 Å². The minimum Gasteiger partial charge on any atom is -0.296 e. The van der Waals surface area contributed by atoms with Gasteiger partial charge in [0.05, 0.1) is 34.1 Å². The molecule has 2 saturated heterocycles. The van der Waals surface area contributed by atoms with E-state index in [9.17, 15) is 14.4 Å². The molecule has 4 aromatic rings. The molecule has 3 aliphatic heterocycles. The van der Waals surface area contributed by atoms with Gasteiger partial charge in [0, 0.05) is 16.1 Å². The van der Waals surface area contributed by atoms with Crippen molar-refractivity contribution in [3.63, 3.8) is 0 Å². The Bertz CT molecular complexity index is 1710. The summed E-state index contributed by atoms with van der Waals surface area (Å²) in [5.74, 6) is -1.38. The van der Waals surface area contributed by atoms with Crippen LogP contribution < -0.4 is 15.8 Å². The molecule has 37 heavy (non-hydrogen) atoms. The van der Waals surface area contributed by atoms with Crippen molar-refractivity contribution in [1.29, 1.82) is 0 Å². The van der Waals surface area contributed by atoms with Crippen molar-refractivity contribution >= 4 is 44.3 Å². The highest BCUT2D eigenvalue weighted by molar-refractivity contribution is 9.10. The van der Waals surface area contributed by atoms with E-state index in [4.69, 9.17) is 4.98 Å². The summed E-state index contributed by atoms with van der Waals surface area (Å²) in [7, 11) is 0. The Morgan fingerprint density at radius 1 is 0.892 bits per heavy atom. The number of nitrogens with zero attached hydrogens (tertiary/aromatic N) is 3. The first-order chi connectivity index (χ1) is 17.9. The molecule has 3 aromatic carbocycles. The number of benzene rings is 3. The number of anilines is 1. The van der Waals surface area contributed by atoms with Gasteiger partial charge in [0.25, 0.3) is 5.56 Å². The maximum absolute atomic E-state index is 14.4. The minimum atomic E-state index is -1.12. The third-order valence-corrected chi connectivity index (χ3v) is 8.78. The summed E-state index contributed by atoms with van der Waals surface area (Å²) in [5, 5.41) is 4.23. The Balaban J connectivity index is 1.55. The number of imide groups is 1. The molecule has 0 unspecified atom stereocenters. The van der Waals surface area contributed by atoms with E-state index in [2.05, 4.69) is 21.2 Å². The fraction of sp³-hybridized carbons (Fsp3) is 0.241. The molecule has 2 amide bonds. The van der Waals surface area contributed by atoms with E-state index in [-0.39, 0.29) is 29.3 Å². The van der Waals surface area contributed by atoms with Gasteiger partial charge in [-0.2, -0.15) is 0 Å². The quantitative estimate of drug-likeness (QED) is 0.376. The Morgan fingerprint density at radius 3 is 2.32 bits per heavy atom. The van der Waals surface area contributed by atoms with Crippen molar-refractivity contribution in [3.05, 3.63) is 99.0 Å². The molecule has 8 heteroatoms. The van der Waals surface area contributed by atoms with Crippen LogP contribution in [0.1, 0.15) is 25.2 Å². The molecule has 0 radical (unpaired) electrons. The molecule has 7 rings (SSSR count). The number of para-hydroxylation sites is 3. The fourth-order valence-electron chi connectivity index (χ4n) is 6.59. The topological polar surface area (TPSA) is 84.3 Å². The zero-order chi connectivity index (χ0) is 25.6. The lowest BCUT2D eigenvalue weighted by Crippen LogP contribution is -2.51. The third kappa shape index (κ3) is 2.74. The van der Waals surface area contributed by atoms with Gasteiger partial charge in [-0.1, -0.05) is 56.3 Å². The average Bonchev–Trinajstić information content (AvgIpc) is 3.49. The molecular formula is C29H23BrN4O3. The van der Waals surface area contributed by atoms with E-state index >= 15 is 0 Å². The van der Waals surface area contributed by atoms with Gasteiger partial charge in [0.1, 0.15) is 11.4 Å². The van der Waals surface area contributed by atoms with Gasteiger partial charge >= 0.3 is 0 Å². The number of halogens is 1. The second kappa shape index (κ2) is 7.69. The van der Waals surface area contributed by atoms with Crippen LogP contribution in [0, 0.1) is 17.8 Å². The largest absolute Gasteiger partial charge is 0.296 e. The van der Waals surface area contributed by atoms with Crippen molar-refractivity contribution < 1.29 is 9.59 Å². The van der Waals surface area contributed by atoms with Crippen LogP contribution in [0.15, 0.2) is 82.1 Å². The van der Waals surface area contributed by atoms with Gasteiger partial charge in [-0.25, -0.2) is 9.88 Å². The maximum atomic E-state index is 14.4. The predicted octanol–water partition coefficient (Wildman–Crippen LogP) is 4.14. The van der Waals surface area contributed by atoms with Gasteiger partial charge in [0.15, 0.2) is 0 Å². The van der Waals surface area contributed by atoms with Crippen LogP contribution in [0.2, 0.25) is 0 Å². The Labute approximate surface area is 221 Å². The van der Waals surface area contributed by atoms with Gasteiger partial charge in [-0.05, 0) is 52.2 Å². The molecule has 7 nitrogen and oxygen atoms in total. The minimum absolute atomic E-state index is 0.0520. The molecule has 1 aromatic heterocycles. The first-order valence-electron chi connectivity index (χ1n) is 12.4. The summed E-state index contributed by atoms with van der Waals surface area (Å²) >= 11 is 3.53. The Kier molecular flexibility index (Phi) is 4.69. The van der Waals surface area contributed by atoms with E-state index in [0.29, 0.717) is 32.6 Å². The maximum Gasteiger partial charge on any atom is 0.266 e. The van der Waals surface area contributed by atoms with Crippen LogP contribution in [-0.4, -0.2) is 27.4 Å². The molecule has 4 atom stereocenters. The van der Waals surface area contributed by atoms with Gasteiger partial charge in [-0.3, -0.25) is 24.3 Å². The summed E-state index contributed by atoms with van der Waals surface area (Å²) in [5.41, 5.74) is 1.27. The van der Waals surface area contributed by atoms with Gasteiger partial charge in [0.2, 0.25) is 11.8 Å². The lowest BCUT2D eigenvalue weighted by atomic mass is 9.75. The molecule has 2 fully saturated rings. The van der Waals surface area contributed by atoms with Crippen LogP contribution in [0.3, 0.4) is 0 Å². The third-order valence-electron chi connectivity index (χ3n) is 8.11. The number of hydrogen-bond donors (Lipinski definition) is 1. The lowest BCUT2D eigenvalue weighted by Gasteiger charge is -2.32. The highest BCUT2D eigenvalue weighted by Crippen LogP contribution is 2.56. The first-order valence-corrected chi connectivity index (χ1v) is 13.2. The van der Waals surface area contributed by atoms with E-state index in [1.165, 1.54) is 4.90 Å². The first kappa shape index (κ1) is 22.6. The van der Waals surface area contributed by atoms with Gasteiger partial charge < -0.3 is 0 Å². The van der Waals surface area contributed by atoms with Crippen LogP contribution in [0.5, 0.6) is 0 Å². The number of carbonyl (C=O) groups is 2. The van der Waals surface area contributed by atoms with Gasteiger partial charge in [-0.15, -0.1) is 0 Å². The zero-order valence-electron chi connectivity index (χ0n) is 20.2. The molecule has 3 aliphatic rings. The predicted molar refractivity (Wildman–Crippen MR) is 143 cm³/mol. The second-order valence-corrected chi connectivity index (χ2v) is 11.2. The Morgan fingerprint density at radius 2 is 1.57 bits per heavy atom. The highest BCUT2D eigenvalue weighted by Gasteiger charge is 2.70. The molecule has 0 saturated carbocycles. The smallest absolute Gasteiger partial charge is 0.266 e. The average molecular weight is 555 g/mol. The summed E-state index contributed by atoms with van der Waals surface area (Å²) in [6, 6.07) is 21.8. The number of rotatable bonds is 2. The van der Waals surface area contributed by atoms with Crippen molar-refractivity contribution in [2.75, 3.05) is 4.90 Å². The number of hydrogen-bond acceptors (Lipinski definition) is 5. The normalized spacial score (nSPS) is 25.8. The number of nitrogens with one attached hydrogen (secondary N) is 1. The molecule has 1 spiro atoms. The summed E-state index contributed by atoms with van der Waals surface area (Å²) < 4.78 is 2.30. The molecule has 0 bridgehead atoms. The van der Waals surface area contributed by atoms with E-state index in [0.717, 1.165) is 5.56 Å². The monoisotopic (exact) mass is 554 g/mol. The standard InChI is InChI=1S/C29H23BrN4O3/c1-15(2)24-22-23(27(37)33(26(22)36)21-14-8-5-11-18(21)30)29(32-24)17-10-4-7-13-20(17)34-25(35)16-9-3-6-12-19(16)31-28(29)34/h3-15,22-24,32H,1-2H3/t22-,23-,24+,29-/m1/s1. The van der Waals surface area contributed by atoms with Crippen molar-refractivity contribution in [3.8, 4) is 5.69 Å². The van der Waals surface area contributed by atoms with E-state index in [1.807, 2.05) is 74.5 Å². The zero-order valence-corrected chi connectivity index (χ0v) is 21.8. The van der Waals surface area contributed by atoms with Crippen LogP contribution >= 0.6 is 15.9 Å². The fourth-order valence-corrected chi connectivity index (χ4v) is 7.06. The van der Waals surface area contributed by atoms with Crippen molar-refractivity contribution in [1.82, 2.24) is 14.9 Å². The molecule has 1 N–H and O–H groups in total. The van der Waals surface area contributed by atoms with E-state index in [1.54, 1.807) is 16.7 Å². The molecule has 184 valence electrons. The highest BCUT2D eigenvalue weighted by atomic mass is 79.9. The number of carbonyl (C=O) groups excluding carboxylic acids is 2. The second-order valence-electron chi connectivity index (χ2n) is 10.3. The van der Waals surface area contributed by atoms with E-state index < -0.39 is 17.4 Å². The lowest BCUT2D eigenvalue weighted by molar-refractivity contribution is -0.123.